The molecule has 10 aromatic carbocycles. The lowest BCUT2D eigenvalue weighted by atomic mass is 9.96. The van der Waals surface area contributed by atoms with Crippen molar-refractivity contribution in [1.29, 1.82) is 0 Å². The number of benzene rings is 10. The lowest BCUT2D eigenvalue weighted by molar-refractivity contribution is 0.673. The number of anilines is 3. The zero-order valence-corrected chi connectivity index (χ0v) is 32.1. The van der Waals surface area contributed by atoms with E-state index in [-0.39, 0.29) is 0 Å². The second kappa shape index (κ2) is 13.4. The number of fused-ring (bicyclic) bond motifs is 10. The minimum Gasteiger partial charge on any atom is -0.455 e. The molecule has 12 aromatic rings. The van der Waals surface area contributed by atoms with E-state index in [2.05, 4.69) is 222 Å². The molecule has 0 radical (unpaired) electrons. The predicted molar refractivity (Wildman–Crippen MR) is 249 cm³/mol. The monoisotopic (exact) mass is 752 g/mol. The third-order valence-corrected chi connectivity index (χ3v) is 11.9. The molecule has 0 fully saturated rings. The highest BCUT2D eigenvalue weighted by Crippen LogP contribution is 2.43. The first-order chi connectivity index (χ1) is 29.2. The molecular formula is C56H36N2O. The Bertz CT molecular complexity index is 3430. The molecule has 0 aliphatic carbocycles. The van der Waals surface area contributed by atoms with Crippen molar-refractivity contribution in [2.75, 3.05) is 4.90 Å². The summed E-state index contributed by atoms with van der Waals surface area (Å²) in [5.41, 5.74) is 13.2. The molecule has 0 bridgehead atoms. The highest BCUT2D eigenvalue weighted by atomic mass is 16.3. The number of hydrogen-bond acceptors (Lipinski definition) is 2. The standard InChI is InChI=1S/C56H36N2O/c1-3-13-37(14-4-1)41-33-42(38-15-5-2-6-16-38)36-46(35-41)57(43-26-28-44(29-27-43)58-52-20-10-7-17-48(52)49-18-8-11-21-53(49)58)45-30-32-47-40(34-45)24-23-39-25-31-51-50-19-9-12-22-54(50)59-56(51)55(39)47/h1-36H. The summed E-state index contributed by atoms with van der Waals surface area (Å²) in [5.74, 6) is 0. The fourth-order valence-electron chi connectivity index (χ4n) is 9.19. The Hall–Kier alpha value is -7.88. The van der Waals surface area contributed by atoms with Gasteiger partial charge in [0.25, 0.3) is 0 Å². The molecule has 0 amide bonds. The number of para-hydroxylation sites is 3. The summed E-state index contributed by atoms with van der Waals surface area (Å²) in [6, 6.07) is 78.8. The number of aromatic nitrogens is 1. The summed E-state index contributed by atoms with van der Waals surface area (Å²) < 4.78 is 8.96. The maximum Gasteiger partial charge on any atom is 0.143 e. The van der Waals surface area contributed by atoms with Gasteiger partial charge in [-0.15, -0.1) is 0 Å². The van der Waals surface area contributed by atoms with Gasteiger partial charge in [0.1, 0.15) is 11.2 Å². The van der Waals surface area contributed by atoms with Gasteiger partial charge in [0, 0.05) is 49.7 Å². The summed E-state index contributed by atoms with van der Waals surface area (Å²) >= 11 is 0. The smallest absolute Gasteiger partial charge is 0.143 e. The van der Waals surface area contributed by atoms with Crippen molar-refractivity contribution in [3.63, 3.8) is 0 Å². The van der Waals surface area contributed by atoms with E-state index in [1.165, 1.54) is 38.3 Å². The van der Waals surface area contributed by atoms with Gasteiger partial charge in [-0.2, -0.15) is 0 Å². The van der Waals surface area contributed by atoms with Crippen molar-refractivity contribution in [3.8, 4) is 27.9 Å². The Morgan fingerprint density at radius 2 is 0.881 bits per heavy atom. The molecule has 2 aromatic heterocycles. The van der Waals surface area contributed by atoms with E-state index in [1.54, 1.807) is 0 Å². The molecule has 0 saturated carbocycles. The molecule has 0 aliphatic rings. The van der Waals surface area contributed by atoms with Gasteiger partial charge >= 0.3 is 0 Å². The van der Waals surface area contributed by atoms with Crippen molar-refractivity contribution in [2.24, 2.45) is 0 Å². The molecule has 276 valence electrons. The van der Waals surface area contributed by atoms with E-state index < -0.39 is 0 Å². The topological polar surface area (TPSA) is 21.3 Å². The van der Waals surface area contributed by atoms with Crippen LogP contribution < -0.4 is 4.90 Å². The fraction of sp³-hybridized carbons (Fsp3) is 0. The average Bonchev–Trinajstić information content (AvgIpc) is 3.86. The maximum atomic E-state index is 6.58. The molecule has 0 saturated heterocycles. The summed E-state index contributed by atoms with van der Waals surface area (Å²) in [7, 11) is 0. The Kier molecular flexibility index (Phi) is 7.54. The minimum absolute atomic E-state index is 0.909. The molecular weight excluding hydrogens is 717 g/mol. The lowest BCUT2D eigenvalue weighted by Crippen LogP contribution is -2.10. The van der Waals surface area contributed by atoms with Crippen LogP contribution in [0.1, 0.15) is 0 Å². The van der Waals surface area contributed by atoms with Crippen LogP contribution >= 0.6 is 0 Å². The van der Waals surface area contributed by atoms with Crippen LogP contribution in [0.25, 0.3) is 93.2 Å². The van der Waals surface area contributed by atoms with Gasteiger partial charge in [-0.05, 0) is 117 Å². The molecule has 3 heteroatoms. The van der Waals surface area contributed by atoms with Gasteiger partial charge in [0.15, 0.2) is 0 Å². The summed E-state index contributed by atoms with van der Waals surface area (Å²) in [6.45, 7) is 0. The summed E-state index contributed by atoms with van der Waals surface area (Å²) in [6.07, 6.45) is 0. The Morgan fingerprint density at radius 3 is 1.56 bits per heavy atom. The molecule has 0 unspecified atom stereocenters. The van der Waals surface area contributed by atoms with Gasteiger partial charge in [0.05, 0.1) is 11.0 Å². The van der Waals surface area contributed by atoms with Crippen LogP contribution in [0.5, 0.6) is 0 Å². The van der Waals surface area contributed by atoms with Crippen LogP contribution in [0.3, 0.4) is 0 Å². The van der Waals surface area contributed by atoms with Gasteiger partial charge in [-0.1, -0.05) is 140 Å². The summed E-state index contributed by atoms with van der Waals surface area (Å²) in [5, 5.41) is 9.41. The van der Waals surface area contributed by atoms with Crippen molar-refractivity contribution < 1.29 is 4.42 Å². The third kappa shape index (κ3) is 5.44. The van der Waals surface area contributed by atoms with Crippen LogP contribution in [0.4, 0.5) is 17.1 Å². The molecule has 0 spiro atoms. The average molecular weight is 753 g/mol. The van der Waals surface area contributed by atoms with Gasteiger partial charge in [-0.3, -0.25) is 0 Å². The minimum atomic E-state index is 0.909. The Labute approximate surface area is 341 Å². The van der Waals surface area contributed by atoms with Crippen LogP contribution in [0.15, 0.2) is 223 Å². The Balaban J connectivity index is 1.08. The molecule has 12 rings (SSSR count). The van der Waals surface area contributed by atoms with E-state index in [1.807, 2.05) is 6.07 Å². The maximum absolute atomic E-state index is 6.58. The van der Waals surface area contributed by atoms with E-state index in [9.17, 15) is 0 Å². The molecule has 59 heavy (non-hydrogen) atoms. The zero-order chi connectivity index (χ0) is 38.9. The van der Waals surface area contributed by atoms with E-state index >= 15 is 0 Å². The first-order valence-corrected chi connectivity index (χ1v) is 20.2. The SMILES string of the molecule is c1ccc(-c2cc(-c3ccccc3)cc(N(c3ccc(-n4c5ccccc5c5ccccc54)cc3)c3ccc4c(ccc5ccc6c7ccccc7oc6c54)c3)c2)cc1. The number of nitrogens with zero attached hydrogens (tertiary/aromatic N) is 2. The Morgan fingerprint density at radius 1 is 0.339 bits per heavy atom. The molecule has 0 N–H and O–H groups in total. The van der Waals surface area contributed by atoms with Crippen LogP contribution in [-0.2, 0) is 0 Å². The summed E-state index contributed by atoms with van der Waals surface area (Å²) in [4.78, 5) is 2.40. The van der Waals surface area contributed by atoms with Gasteiger partial charge in [0.2, 0.25) is 0 Å². The van der Waals surface area contributed by atoms with Crippen LogP contribution in [0.2, 0.25) is 0 Å². The fourth-order valence-corrected chi connectivity index (χ4v) is 9.19. The van der Waals surface area contributed by atoms with E-state index in [0.717, 1.165) is 72.0 Å². The van der Waals surface area contributed by atoms with Crippen molar-refractivity contribution in [1.82, 2.24) is 4.57 Å². The second-order valence-electron chi connectivity index (χ2n) is 15.3. The normalized spacial score (nSPS) is 11.7. The van der Waals surface area contributed by atoms with Crippen molar-refractivity contribution >= 4 is 82.4 Å². The first-order valence-electron chi connectivity index (χ1n) is 20.2. The molecule has 0 atom stereocenters. The zero-order valence-electron chi connectivity index (χ0n) is 32.1. The molecule has 2 heterocycles. The highest BCUT2D eigenvalue weighted by molar-refractivity contribution is 6.23. The van der Waals surface area contributed by atoms with E-state index in [0.29, 0.717) is 0 Å². The largest absolute Gasteiger partial charge is 0.455 e. The molecule has 3 nitrogen and oxygen atoms in total. The first kappa shape index (κ1) is 33.3. The molecule has 0 aliphatic heterocycles. The number of rotatable bonds is 6. The van der Waals surface area contributed by atoms with Gasteiger partial charge in [-0.25, -0.2) is 0 Å². The number of furan rings is 1. The third-order valence-electron chi connectivity index (χ3n) is 11.9. The van der Waals surface area contributed by atoms with E-state index in [4.69, 9.17) is 4.42 Å². The second-order valence-corrected chi connectivity index (χ2v) is 15.3. The quantitative estimate of drug-likeness (QED) is 0.158. The van der Waals surface area contributed by atoms with Crippen LogP contribution in [-0.4, -0.2) is 4.57 Å². The van der Waals surface area contributed by atoms with Crippen molar-refractivity contribution in [2.45, 2.75) is 0 Å². The predicted octanol–water partition coefficient (Wildman–Crippen LogP) is 15.8. The van der Waals surface area contributed by atoms with Gasteiger partial charge < -0.3 is 13.9 Å². The highest BCUT2D eigenvalue weighted by Gasteiger charge is 2.19. The van der Waals surface area contributed by atoms with Crippen molar-refractivity contribution in [3.05, 3.63) is 218 Å². The van der Waals surface area contributed by atoms with Crippen LogP contribution in [0, 0.1) is 0 Å². The number of hydrogen-bond donors (Lipinski definition) is 0. The lowest BCUT2D eigenvalue weighted by Gasteiger charge is -2.27.